The van der Waals surface area contributed by atoms with E-state index in [9.17, 15) is 14.4 Å². The quantitative estimate of drug-likeness (QED) is 0.448. The molecule has 0 aliphatic carbocycles. The van der Waals surface area contributed by atoms with Gasteiger partial charge in [-0.25, -0.2) is 4.39 Å². The number of carbonyl (C=O) groups excluding carboxylic acids is 1. The van der Waals surface area contributed by atoms with Crippen LogP contribution in [-0.2, 0) is 4.79 Å². The molecule has 0 fully saturated rings. The van der Waals surface area contributed by atoms with Crippen LogP contribution in [0.25, 0.3) is 6.08 Å². The van der Waals surface area contributed by atoms with Crippen molar-refractivity contribution < 1.29 is 70.0 Å². The molecule has 33 heavy (non-hydrogen) atoms. The third-order valence-electron chi connectivity index (χ3n) is 4.21. The SMILES string of the molecule is C/C=C(\CCN(C)[O-])NC(=O)COc1ccc(Cl)c(F)c1.Clc1ccc2c(c1)C=CCO2.[K+]. The number of halogens is 3. The van der Waals surface area contributed by atoms with Crippen molar-refractivity contribution in [2.45, 2.75) is 13.3 Å². The van der Waals surface area contributed by atoms with E-state index in [-0.39, 0.29) is 81.2 Å². The predicted molar refractivity (Wildman–Crippen MR) is 125 cm³/mol. The summed E-state index contributed by atoms with van der Waals surface area (Å²) in [5, 5.41) is 15.0. The Morgan fingerprint density at radius 3 is 2.73 bits per heavy atom. The smallest absolute Gasteiger partial charge is 0.785 e. The van der Waals surface area contributed by atoms with Gasteiger partial charge in [-0.15, -0.1) is 0 Å². The Bertz CT molecular complexity index is 987. The number of hydroxylamine groups is 2. The fraction of sp³-hybridized carbons (Fsp3) is 0.261. The molecule has 2 aromatic carbocycles. The Labute approximate surface area is 245 Å². The van der Waals surface area contributed by atoms with E-state index in [1.165, 1.54) is 19.2 Å². The van der Waals surface area contributed by atoms with Crippen molar-refractivity contribution in [2.24, 2.45) is 0 Å². The van der Waals surface area contributed by atoms with E-state index < -0.39 is 5.82 Å². The zero-order chi connectivity index (χ0) is 23.5. The number of fused-ring (bicyclic) bond motifs is 1. The molecule has 0 saturated carbocycles. The number of carbonyl (C=O) groups is 1. The zero-order valence-electron chi connectivity index (χ0n) is 18.7. The fourth-order valence-corrected chi connectivity index (χ4v) is 2.88. The molecule has 0 radical (unpaired) electrons. The Kier molecular flexibility index (Phi) is 14.5. The molecule has 0 saturated heterocycles. The summed E-state index contributed by atoms with van der Waals surface area (Å²) in [5.74, 6) is 0.138. The van der Waals surface area contributed by atoms with Gasteiger partial charge >= 0.3 is 51.4 Å². The number of nitrogens with zero attached hydrogens (tertiary/aromatic N) is 1. The van der Waals surface area contributed by atoms with E-state index in [0.717, 1.165) is 27.5 Å². The molecule has 2 aromatic rings. The van der Waals surface area contributed by atoms with Gasteiger partial charge in [0.1, 0.15) is 23.9 Å². The maximum absolute atomic E-state index is 13.2. The van der Waals surface area contributed by atoms with Crippen LogP contribution in [0.4, 0.5) is 4.39 Å². The predicted octanol–water partition coefficient (Wildman–Crippen LogP) is 2.45. The van der Waals surface area contributed by atoms with Crippen molar-refractivity contribution in [2.75, 3.05) is 26.8 Å². The number of hydrogen-bond acceptors (Lipinski definition) is 5. The number of ether oxygens (including phenoxy) is 2. The summed E-state index contributed by atoms with van der Waals surface area (Å²) in [6, 6.07) is 9.55. The average Bonchev–Trinajstić information content (AvgIpc) is 2.77. The Balaban J connectivity index is 0.000000379. The monoisotopic (exact) mass is 520 g/mol. The molecular weight excluding hydrogens is 497 g/mol. The van der Waals surface area contributed by atoms with Crippen LogP contribution in [0.2, 0.25) is 10.0 Å². The van der Waals surface area contributed by atoms with Gasteiger partial charge < -0.3 is 25.1 Å². The average molecular weight is 521 g/mol. The van der Waals surface area contributed by atoms with E-state index in [0.29, 0.717) is 18.7 Å². The summed E-state index contributed by atoms with van der Waals surface area (Å²) in [6.07, 6.45) is 6.13. The molecule has 1 aliphatic rings. The molecule has 1 aliphatic heterocycles. The minimum Gasteiger partial charge on any atom is -0.785 e. The maximum Gasteiger partial charge on any atom is 1.00 e. The van der Waals surface area contributed by atoms with Crippen LogP contribution in [0, 0.1) is 11.0 Å². The first-order valence-electron chi connectivity index (χ1n) is 9.78. The molecule has 1 amide bonds. The summed E-state index contributed by atoms with van der Waals surface area (Å²) in [5.41, 5.74) is 1.69. The van der Waals surface area contributed by atoms with Gasteiger partial charge in [0.15, 0.2) is 6.61 Å². The summed E-state index contributed by atoms with van der Waals surface area (Å²) in [7, 11) is 1.41. The second kappa shape index (κ2) is 15.9. The Hall–Kier alpha value is -0.944. The molecule has 172 valence electrons. The van der Waals surface area contributed by atoms with Crippen LogP contribution in [0.5, 0.6) is 11.5 Å². The van der Waals surface area contributed by atoms with E-state index in [1.807, 2.05) is 30.4 Å². The summed E-state index contributed by atoms with van der Waals surface area (Å²) < 4.78 is 23.7. The van der Waals surface area contributed by atoms with E-state index in [4.69, 9.17) is 32.7 Å². The number of nitrogens with one attached hydrogen (secondary N) is 1. The van der Waals surface area contributed by atoms with Crippen LogP contribution in [0.15, 0.2) is 54.2 Å². The van der Waals surface area contributed by atoms with Gasteiger partial charge in [0.25, 0.3) is 5.91 Å². The Morgan fingerprint density at radius 1 is 1.30 bits per heavy atom. The molecule has 1 N–H and O–H groups in total. The third kappa shape index (κ3) is 11.4. The summed E-state index contributed by atoms with van der Waals surface area (Å²) >= 11 is 11.3. The normalized spacial score (nSPS) is 12.0. The molecule has 0 aromatic heterocycles. The molecule has 0 bridgehead atoms. The first kappa shape index (κ1) is 30.1. The van der Waals surface area contributed by atoms with Crippen molar-refractivity contribution in [1.82, 2.24) is 10.4 Å². The van der Waals surface area contributed by atoms with Gasteiger partial charge in [-0.2, -0.15) is 0 Å². The van der Waals surface area contributed by atoms with Crippen LogP contribution in [-0.4, -0.2) is 37.8 Å². The van der Waals surface area contributed by atoms with Crippen LogP contribution >= 0.6 is 23.2 Å². The molecule has 3 rings (SSSR count). The zero-order valence-corrected chi connectivity index (χ0v) is 23.4. The van der Waals surface area contributed by atoms with Gasteiger partial charge in [-0.3, -0.25) is 4.79 Å². The van der Waals surface area contributed by atoms with Crippen LogP contribution in [0.1, 0.15) is 18.9 Å². The van der Waals surface area contributed by atoms with Crippen molar-refractivity contribution in [3.63, 3.8) is 0 Å². The first-order valence-corrected chi connectivity index (χ1v) is 10.5. The summed E-state index contributed by atoms with van der Waals surface area (Å²) in [4.78, 5) is 11.7. The molecule has 10 heteroatoms. The van der Waals surface area contributed by atoms with Gasteiger partial charge in [0.05, 0.1) is 5.02 Å². The summed E-state index contributed by atoms with van der Waals surface area (Å²) in [6.45, 7) is 2.44. The fourth-order valence-electron chi connectivity index (χ4n) is 2.58. The number of benzene rings is 2. The second-order valence-corrected chi connectivity index (χ2v) is 7.57. The van der Waals surface area contributed by atoms with E-state index in [2.05, 4.69) is 5.32 Å². The maximum atomic E-state index is 13.2. The standard InChI is InChI=1S/C14H17ClFN2O3.C9H7ClO.K/c1-3-10(6-7-18(2)20)17-14(19)9-21-11-4-5-12(15)13(16)8-11;10-8-3-4-9-7(6-8)2-1-5-11-9;/h3-5,8H,6-7,9H2,1-2H3,(H,17,19);1-4,6H,5H2;/q-1;;+1/b10-3+;;. The Morgan fingerprint density at radius 2 is 2.06 bits per heavy atom. The molecule has 0 unspecified atom stereocenters. The molecule has 6 nitrogen and oxygen atoms in total. The van der Waals surface area contributed by atoms with Crippen molar-refractivity contribution in [3.8, 4) is 11.5 Å². The number of amides is 1. The third-order valence-corrected chi connectivity index (χ3v) is 4.75. The molecule has 0 spiro atoms. The van der Waals surface area contributed by atoms with Crippen molar-refractivity contribution >= 4 is 35.2 Å². The van der Waals surface area contributed by atoms with Gasteiger partial charge in [-0.05, 0) is 63.3 Å². The second-order valence-electron chi connectivity index (χ2n) is 6.72. The van der Waals surface area contributed by atoms with Gasteiger partial charge in [-0.1, -0.05) is 35.4 Å². The van der Waals surface area contributed by atoms with Crippen molar-refractivity contribution in [3.05, 3.63) is 80.9 Å². The number of hydrogen-bond donors (Lipinski definition) is 1. The molecule has 0 atom stereocenters. The van der Waals surface area contributed by atoms with E-state index >= 15 is 0 Å². The number of rotatable bonds is 7. The molecule has 1 heterocycles. The largest absolute Gasteiger partial charge is 1.00 e. The van der Waals surface area contributed by atoms with Gasteiger partial charge in [0, 0.05) is 22.3 Å². The van der Waals surface area contributed by atoms with Crippen LogP contribution < -0.4 is 66.2 Å². The van der Waals surface area contributed by atoms with Crippen LogP contribution in [0.3, 0.4) is 0 Å². The first-order chi connectivity index (χ1) is 15.3. The number of allylic oxidation sites excluding steroid dienone is 1. The molecular formula is C23H24Cl2FKN2O4. The minimum atomic E-state index is -0.609. The van der Waals surface area contributed by atoms with E-state index in [1.54, 1.807) is 13.0 Å². The van der Waals surface area contributed by atoms with Gasteiger partial charge in [0.2, 0.25) is 0 Å². The van der Waals surface area contributed by atoms with Crippen molar-refractivity contribution in [1.29, 1.82) is 0 Å². The topological polar surface area (TPSA) is 73.9 Å². The minimum absolute atomic E-state index is 0.